The van der Waals surface area contributed by atoms with Gasteiger partial charge in [-0.2, -0.15) is 0 Å². The maximum atomic E-state index is 11.5. The molecular weight excluding hydrogens is 194 g/mol. The van der Waals surface area contributed by atoms with Crippen LogP contribution in [0.25, 0.3) is 0 Å². The van der Waals surface area contributed by atoms with Gasteiger partial charge in [-0.3, -0.25) is 9.59 Å². The van der Waals surface area contributed by atoms with E-state index in [2.05, 4.69) is 10.1 Å². The first kappa shape index (κ1) is 11.5. The molecule has 1 amide bonds. The minimum absolute atomic E-state index is 0.113. The molecule has 0 saturated heterocycles. The number of hydrogen-bond donors (Lipinski definition) is 1. The number of nitrogens with one attached hydrogen (secondary N) is 1. The minimum Gasteiger partial charge on any atom is -0.464 e. The molecule has 4 heteroatoms. The van der Waals surface area contributed by atoms with Gasteiger partial charge in [-0.15, -0.1) is 0 Å². The largest absolute Gasteiger partial charge is 0.464 e. The Morgan fingerprint density at radius 3 is 2.87 bits per heavy atom. The molecule has 1 aliphatic carbocycles. The van der Waals surface area contributed by atoms with E-state index in [0.29, 0.717) is 12.1 Å². The maximum absolute atomic E-state index is 11.5. The Hall–Kier alpha value is -1.58. The fraction of sp³-hybridized carbons (Fsp3) is 0.455. The van der Waals surface area contributed by atoms with E-state index in [0.717, 1.165) is 12.8 Å². The lowest BCUT2D eigenvalue weighted by atomic mass is 10.1. The summed E-state index contributed by atoms with van der Waals surface area (Å²) in [5, 5.41) is 2.67. The number of amides is 1. The van der Waals surface area contributed by atoms with E-state index in [9.17, 15) is 9.59 Å². The molecule has 0 atom stereocenters. The fourth-order valence-corrected chi connectivity index (χ4v) is 1.24. The van der Waals surface area contributed by atoms with E-state index >= 15 is 0 Å². The molecule has 1 rings (SSSR count). The predicted octanol–water partition coefficient (Wildman–Crippen LogP) is 0.942. The van der Waals surface area contributed by atoms with Crippen LogP contribution in [0.5, 0.6) is 0 Å². The Morgan fingerprint density at radius 1 is 1.47 bits per heavy atom. The van der Waals surface area contributed by atoms with Crippen LogP contribution in [0.15, 0.2) is 23.8 Å². The van der Waals surface area contributed by atoms with Crippen LogP contribution in [0.2, 0.25) is 0 Å². The highest BCUT2D eigenvalue weighted by Gasteiger charge is 2.07. The predicted molar refractivity (Wildman–Crippen MR) is 56.1 cm³/mol. The molecule has 0 bridgehead atoms. The van der Waals surface area contributed by atoms with Gasteiger partial charge in [-0.05, 0) is 12.8 Å². The molecule has 4 nitrogen and oxygen atoms in total. The van der Waals surface area contributed by atoms with Crippen molar-refractivity contribution in [2.24, 2.45) is 0 Å². The summed E-state index contributed by atoms with van der Waals surface area (Å²) in [5.74, 6) is -0.445. The van der Waals surface area contributed by atoms with Crippen molar-refractivity contribution in [2.75, 3.05) is 13.2 Å². The van der Waals surface area contributed by atoms with Gasteiger partial charge < -0.3 is 10.1 Å². The third-order valence-electron chi connectivity index (χ3n) is 1.95. The Kier molecular flexibility index (Phi) is 4.60. The lowest BCUT2D eigenvalue weighted by Gasteiger charge is -2.08. The zero-order valence-corrected chi connectivity index (χ0v) is 8.79. The molecule has 0 heterocycles. The Balaban J connectivity index is 2.21. The Labute approximate surface area is 89.0 Å². The van der Waals surface area contributed by atoms with E-state index in [-0.39, 0.29) is 18.5 Å². The number of rotatable bonds is 4. The normalized spacial score (nSPS) is 14.3. The monoisotopic (exact) mass is 209 g/mol. The molecule has 0 saturated carbocycles. The highest BCUT2D eigenvalue weighted by Crippen LogP contribution is 2.08. The van der Waals surface area contributed by atoms with Crippen LogP contribution in [0.3, 0.4) is 0 Å². The van der Waals surface area contributed by atoms with Crippen molar-refractivity contribution in [1.82, 2.24) is 5.32 Å². The summed E-state index contributed by atoms with van der Waals surface area (Å²) in [6.45, 7) is 1.91. The number of carbonyl (C=O) groups is 2. The molecule has 82 valence electrons. The molecule has 1 N–H and O–H groups in total. The van der Waals surface area contributed by atoms with Gasteiger partial charge in [0.25, 0.3) is 5.91 Å². The topological polar surface area (TPSA) is 55.4 Å². The van der Waals surface area contributed by atoms with Crippen molar-refractivity contribution in [3.8, 4) is 0 Å². The Morgan fingerprint density at radius 2 is 2.27 bits per heavy atom. The van der Waals surface area contributed by atoms with Gasteiger partial charge in [0.1, 0.15) is 6.61 Å². The lowest BCUT2D eigenvalue weighted by Crippen LogP contribution is -2.28. The second kappa shape index (κ2) is 6.01. The highest BCUT2D eigenvalue weighted by atomic mass is 16.5. The molecule has 0 fully saturated rings. The first-order chi connectivity index (χ1) is 7.20. The van der Waals surface area contributed by atoms with E-state index < -0.39 is 0 Å². The molecule has 0 aliphatic heterocycles. The third kappa shape index (κ3) is 4.44. The number of allylic oxidation sites excluding steroid dienone is 2. The van der Waals surface area contributed by atoms with Gasteiger partial charge in [0.05, 0.1) is 6.54 Å². The number of hydrogen-bond acceptors (Lipinski definition) is 3. The lowest BCUT2D eigenvalue weighted by molar-refractivity contribution is -0.141. The van der Waals surface area contributed by atoms with Gasteiger partial charge in [0.15, 0.2) is 0 Å². The van der Waals surface area contributed by atoms with Crippen molar-refractivity contribution in [3.05, 3.63) is 23.8 Å². The van der Waals surface area contributed by atoms with Crippen molar-refractivity contribution in [3.63, 3.8) is 0 Å². The van der Waals surface area contributed by atoms with Gasteiger partial charge in [-0.25, -0.2) is 0 Å². The summed E-state index contributed by atoms with van der Waals surface area (Å²) in [7, 11) is 0. The van der Waals surface area contributed by atoms with Crippen molar-refractivity contribution in [1.29, 1.82) is 0 Å². The minimum atomic E-state index is -0.332. The number of esters is 1. The van der Waals surface area contributed by atoms with E-state index in [1.807, 2.05) is 18.2 Å². The molecular formula is C11H15NO3. The van der Waals surface area contributed by atoms with Gasteiger partial charge >= 0.3 is 5.97 Å². The quantitative estimate of drug-likeness (QED) is 0.554. The van der Waals surface area contributed by atoms with Crippen molar-refractivity contribution < 1.29 is 14.3 Å². The molecule has 0 aromatic carbocycles. The van der Waals surface area contributed by atoms with Crippen LogP contribution in [-0.4, -0.2) is 25.0 Å². The molecule has 0 aromatic heterocycles. The second-order valence-corrected chi connectivity index (χ2v) is 3.24. The molecule has 0 radical (unpaired) electrons. The SMILES string of the molecule is CC(=O)OCCNC(=O)C1=CCCC=C1. The summed E-state index contributed by atoms with van der Waals surface area (Å²) in [5.41, 5.74) is 0.684. The fourth-order valence-electron chi connectivity index (χ4n) is 1.24. The molecule has 0 spiro atoms. The summed E-state index contributed by atoms with van der Waals surface area (Å²) in [6.07, 6.45) is 7.58. The average Bonchev–Trinajstić information content (AvgIpc) is 2.25. The molecule has 0 unspecified atom stereocenters. The standard InChI is InChI=1S/C11H15NO3/c1-9(13)15-8-7-12-11(14)10-5-3-2-4-6-10/h3,5-6H,2,4,7-8H2,1H3,(H,12,14). The second-order valence-electron chi connectivity index (χ2n) is 3.24. The zero-order chi connectivity index (χ0) is 11.1. The van der Waals surface area contributed by atoms with Crippen molar-refractivity contribution >= 4 is 11.9 Å². The van der Waals surface area contributed by atoms with E-state index in [1.54, 1.807) is 0 Å². The maximum Gasteiger partial charge on any atom is 0.302 e. The average molecular weight is 209 g/mol. The summed E-state index contributed by atoms with van der Waals surface area (Å²) >= 11 is 0. The molecule has 0 aromatic rings. The summed E-state index contributed by atoms with van der Waals surface area (Å²) < 4.78 is 4.69. The van der Waals surface area contributed by atoms with Crippen LogP contribution in [-0.2, 0) is 14.3 Å². The smallest absolute Gasteiger partial charge is 0.302 e. The van der Waals surface area contributed by atoms with Crippen LogP contribution in [0.4, 0.5) is 0 Å². The number of ether oxygens (including phenoxy) is 1. The zero-order valence-electron chi connectivity index (χ0n) is 8.79. The Bertz CT molecular complexity index is 305. The first-order valence-corrected chi connectivity index (χ1v) is 4.98. The molecule has 15 heavy (non-hydrogen) atoms. The third-order valence-corrected chi connectivity index (χ3v) is 1.95. The van der Waals surface area contributed by atoms with Gasteiger partial charge in [0, 0.05) is 12.5 Å². The van der Waals surface area contributed by atoms with Gasteiger partial charge in [-0.1, -0.05) is 18.2 Å². The number of carbonyl (C=O) groups excluding carboxylic acids is 2. The molecule has 1 aliphatic rings. The van der Waals surface area contributed by atoms with E-state index in [1.165, 1.54) is 6.92 Å². The van der Waals surface area contributed by atoms with E-state index in [4.69, 9.17) is 0 Å². The van der Waals surface area contributed by atoms with Crippen molar-refractivity contribution in [2.45, 2.75) is 19.8 Å². The van der Waals surface area contributed by atoms with Crippen LogP contribution in [0.1, 0.15) is 19.8 Å². The van der Waals surface area contributed by atoms with Gasteiger partial charge in [0.2, 0.25) is 0 Å². The summed E-state index contributed by atoms with van der Waals surface area (Å²) in [6, 6.07) is 0. The highest BCUT2D eigenvalue weighted by molar-refractivity contribution is 5.96. The first-order valence-electron chi connectivity index (χ1n) is 4.98. The van der Waals surface area contributed by atoms with Crippen LogP contribution in [0, 0.1) is 0 Å². The summed E-state index contributed by atoms with van der Waals surface area (Å²) in [4.78, 5) is 21.9. The van der Waals surface area contributed by atoms with Crippen LogP contribution >= 0.6 is 0 Å². The van der Waals surface area contributed by atoms with Crippen LogP contribution < -0.4 is 5.32 Å².